The predicted octanol–water partition coefficient (Wildman–Crippen LogP) is 5.15. The predicted molar refractivity (Wildman–Crippen MR) is 235 cm³/mol. The van der Waals surface area contributed by atoms with E-state index in [0.29, 0.717) is 12.8 Å². The molecule has 356 valence electrons. The molecule has 14 heteroatoms. The van der Waals surface area contributed by atoms with Crippen molar-refractivity contribution < 1.29 is 64.6 Å². The maximum Gasteiger partial charge on any atom is 0.220 e. The molecule has 9 N–H and O–H groups in total. The molecule has 2 rings (SSSR count). The normalized spacial score (nSPS) is 28.3. The molecule has 12 atom stereocenters. The first-order valence-corrected chi connectivity index (χ1v) is 23.7. The van der Waals surface area contributed by atoms with Gasteiger partial charge in [0.25, 0.3) is 0 Å². The number of allylic oxidation sites excluding steroid dienone is 5. The first kappa shape index (κ1) is 55.3. The number of amides is 1. The minimum Gasteiger partial charge on any atom is -0.394 e. The summed E-state index contributed by atoms with van der Waals surface area (Å²) in [6.45, 7) is 2.55. The van der Waals surface area contributed by atoms with Gasteiger partial charge < -0.3 is 65.1 Å². The number of unbranched alkanes of at least 4 members (excludes halogenated alkanes) is 18. The summed E-state index contributed by atoms with van der Waals surface area (Å²) in [4.78, 5) is 12.8. The van der Waals surface area contributed by atoms with E-state index in [9.17, 15) is 45.6 Å². The first-order valence-electron chi connectivity index (χ1n) is 23.7. The number of carbonyl (C=O) groups is 1. The van der Waals surface area contributed by atoms with Gasteiger partial charge in [-0.15, -0.1) is 0 Å². The van der Waals surface area contributed by atoms with E-state index in [-0.39, 0.29) is 18.9 Å². The molecule has 61 heavy (non-hydrogen) atoms. The maximum atomic E-state index is 12.8. The summed E-state index contributed by atoms with van der Waals surface area (Å²) in [5, 5.41) is 85.9. The van der Waals surface area contributed by atoms with Crippen LogP contribution in [0, 0.1) is 0 Å². The van der Waals surface area contributed by atoms with Gasteiger partial charge in [-0.2, -0.15) is 0 Å². The topological polar surface area (TPSA) is 228 Å². The van der Waals surface area contributed by atoms with Crippen molar-refractivity contribution in [2.45, 2.75) is 235 Å². The smallest absolute Gasteiger partial charge is 0.220 e. The molecular formula is C47H85NO13. The lowest BCUT2D eigenvalue weighted by Gasteiger charge is -2.46. The van der Waals surface area contributed by atoms with Gasteiger partial charge >= 0.3 is 0 Å². The zero-order valence-electron chi connectivity index (χ0n) is 37.4. The fourth-order valence-corrected chi connectivity index (χ4v) is 7.61. The van der Waals surface area contributed by atoms with E-state index < -0.39 is 86.8 Å². The number of carbonyl (C=O) groups excluding carboxylic acids is 1. The molecule has 0 radical (unpaired) electrons. The van der Waals surface area contributed by atoms with Gasteiger partial charge in [0.2, 0.25) is 5.91 Å². The SMILES string of the molecule is CCCCCCCCCCCCCCCC/C=C/CC/C=C/CC/C=C/C(O)C(COC1OC(CO)C(OC2OC(CO)C(O)C(O)C2O)C(O)C1O)NC(=O)CCCCC. The lowest BCUT2D eigenvalue weighted by Crippen LogP contribution is -2.65. The number of ether oxygens (including phenoxy) is 4. The summed E-state index contributed by atoms with van der Waals surface area (Å²) < 4.78 is 22.4. The summed E-state index contributed by atoms with van der Waals surface area (Å²) in [7, 11) is 0. The monoisotopic (exact) mass is 872 g/mol. The molecular weight excluding hydrogens is 787 g/mol. The molecule has 12 unspecified atom stereocenters. The molecule has 2 fully saturated rings. The van der Waals surface area contributed by atoms with Crippen LogP contribution in [-0.2, 0) is 23.7 Å². The van der Waals surface area contributed by atoms with Crippen LogP contribution in [0.3, 0.4) is 0 Å². The van der Waals surface area contributed by atoms with Crippen molar-refractivity contribution in [2.75, 3.05) is 19.8 Å². The van der Waals surface area contributed by atoms with E-state index in [0.717, 1.165) is 38.5 Å². The van der Waals surface area contributed by atoms with Gasteiger partial charge in [-0.05, 0) is 44.9 Å². The van der Waals surface area contributed by atoms with Crippen molar-refractivity contribution in [1.82, 2.24) is 5.32 Å². The molecule has 2 saturated heterocycles. The zero-order chi connectivity index (χ0) is 44.7. The largest absolute Gasteiger partial charge is 0.394 e. The molecule has 2 aliphatic heterocycles. The van der Waals surface area contributed by atoms with E-state index in [1.807, 2.05) is 13.0 Å². The Labute approximate surface area is 366 Å². The molecule has 0 spiro atoms. The fraction of sp³-hybridized carbons (Fsp3) is 0.851. The first-order chi connectivity index (χ1) is 29.6. The van der Waals surface area contributed by atoms with E-state index >= 15 is 0 Å². The van der Waals surface area contributed by atoms with Crippen LogP contribution < -0.4 is 5.32 Å². The Morgan fingerprint density at radius 3 is 1.61 bits per heavy atom. The van der Waals surface area contributed by atoms with Crippen LogP contribution in [0.25, 0.3) is 0 Å². The molecule has 1 amide bonds. The average Bonchev–Trinajstić information content (AvgIpc) is 3.25. The van der Waals surface area contributed by atoms with Crippen LogP contribution in [0.2, 0.25) is 0 Å². The second-order valence-corrected chi connectivity index (χ2v) is 16.9. The lowest BCUT2D eigenvalue weighted by atomic mass is 9.97. The van der Waals surface area contributed by atoms with Gasteiger partial charge in [-0.25, -0.2) is 0 Å². The fourth-order valence-electron chi connectivity index (χ4n) is 7.61. The second kappa shape index (κ2) is 34.6. The Hall–Kier alpha value is -1.79. The molecule has 2 heterocycles. The molecule has 14 nitrogen and oxygen atoms in total. The zero-order valence-corrected chi connectivity index (χ0v) is 37.4. The van der Waals surface area contributed by atoms with Crippen molar-refractivity contribution in [1.29, 1.82) is 0 Å². The van der Waals surface area contributed by atoms with Crippen molar-refractivity contribution in [2.24, 2.45) is 0 Å². The van der Waals surface area contributed by atoms with Crippen molar-refractivity contribution in [3.05, 3.63) is 36.5 Å². The lowest BCUT2D eigenvalue weighted by molar-refractivity contribution is -0.359. The molecule has 0 bridgehead atoms. The Morgan fingerprint density at radius 2 is 1.05 bits per heavy atom. The Bertz CT molecular complexity index is 1170. The van der Waals surface area contributed by atoms with Crippen LogP contribution in [0.15, 0.2) is 36.5 Å². The summed E-state index contributed by atoms with van der Waals surface area (Å²) in [5.74, 6) is -0.280. The highest BCUT2D eigenvalue weighted by Gasteiger charge is 2.50. The molecule has 0 aromatic heterocycles. The number of nitrogens with one attached hydrogen (secondary N) is 1. The number of hydrogen-bond donors (Lipinski definition) is 9. The van der Waals surface area contributed by atoms with Gasteiger partial charge in [-0.1, -0.05) is 147 Å². The Kier molecular flexibility index (Phi) is 31.4. The van der Waals surface area contributed by atoms with E-state index in [1.165, 1.54) is 89.9 Å². The van der Waals surface area contributed by atoms with Crippen LogP contribution in [-0.4, -0.2) is 140 Å². The number of hydrogen-bond acceptors (Lipinski definition) is 13. The summed E-state index contributed by atoms with van der Waals surface area (Å²) in [6.07, 6.45) is 21.7. The van der Waals surface area contributed by atoms with Crippen molar-refractivity contribution in [3.8, 4) is 0 Å². The number of aliphatic hydroxyl groups is 8. The maximum absolute atomic E-state index is 12.8. The minimum atomic E-state index is -1.79. The van der Waals surface area contributed by atoms with Crippen LogP contribution in [0.5, 0.6) is 0 Å². The molecule has 0 aliphatic carbocycles. The highest BCUT2D eigenvalue weighted by molar-refractivity contribution is 5.76. The van der Waals surface area contributed by atoms with Crippen LogP contribution >= 0.6 is 0 Å². The molecule has 0 saturated carbocycles. The minimum absolute atomic E-state index is 0.255. The van der Waals surface area contributed by atoms with Gasteiger partial charge in [0.15, 0.2) is 12.6 Å². The second-order valence-electron chi connectivity index (χ2n) is 16.9. The van der Waals surface area contributed by atoms with E-state index in [2.05, 4.69) is 36.5 Å². The van der Waals surface area contributed by atoms with Crippen LogP contribution in [0.4, 0.5) is 0 Å². The third-order valence-electron chi connectivity index (χ3n) is 11.6. The van der Waals surface area contributed by atoms with Gasteiger partial charge in [0, 0.05) is 6.42 Å². The van der Waals surface area contributed by atoms with Gasteiger partial charge in [0.1, 0.15) is 48.8 Å². The standard InChI is InChI=1S/C47H85NO13/c1-3-5-7-8-9-10-11-12-13-14-15-16-17-18-19-20-21-22-23-24-25-26-27-29-30-36(51)35(48-39(52)31-28-6-4-2)34-58-46-44(57)42(55)45(38(33-50)60-46)61-47-43(56)41(54)40(53)37(32-49)59-47/h20-21,24-25,29-30,35-38,40-47,49-51,53-57H,3-19,22-23,26-28,31-34H2,1-2H3,(H,48,52)/b21-20+,25-24+,30-29+. The quantitative estimate of drug-likeness (QED) is 0.0297. The van der Waals surface area contributed by atoms with Gasteiger partial charge in [0.05, 0.1) is 32.0 Å². The number of aliphatic hydroxyl groups excluding tert-OH is 8. The van der Waals surface area contributed by atoms with E-state index in [4.69, 9.17) is 18.9 Å². The van der Waals surface area contributed by atoms with Crippen LogP contribution in [0.1, 0.15) is 162 Å². The summed E-state index contributed by atoms with van der Waals surface area (Å²) >= 11 is 0. The molecule has 0 aromatic rings. The summed E-state index contributed by atoms with van der Waals surface area (Å²) in [6, 6.07) is -0.930. The van der Waals surface area contributed by atoms with Gasteiger partial charge in [-0.3, -0.25) is 4.79 Å². The third kappa shape index (κ3) is 22.6. The molecule has 2 aliphatic rings. The number of rotatable bonds is 35. The Balaban J connectivity index is 1.73. The Morgan fingerprint density at radius 1 is 0.574 bits per heavy atom. The summed E-state index contributed by atoms with van der Waals surface area (Å²) in [5.41, 5.74) is 0. The average molecular weight is 872 g/mol. The van der Waals surface area contributed by atoms with Crippen molar-refractivity contribution in [3.63, 3.8) is 0 Å². The highest BCUT2D eigenvalue weighted by Crippen LogP contribution is 2.30. The van der Waals surface area contributed by atoms with Crippen molar-refractivity contribution >= 4 is 5.91 Å². The third-order valence-corrected chi connectivity index (χ3v) is 11.6. The van der Waals surface area contributed by atoms with E-state index in [1.54, 1.807) is 6.08 Å². The molecule has 0 aromatic carbocycles. The highest BCUT2D eigenvalue weighted by atomic mass is 16.7.